The molecule has 0 spiro atoms. The molecule has 1 atom stereocenters. The number of ether oxygens (including phenoxy) is 2. The fraction of sp³-hybridized carbons (Fsp3) is 0.231. The molecule has 2 N–H and O–H groups in total. The van der Waals surface area contributed by atoms with Gasteiger partial charge in [0.05, 0.1) is 11.6 Å². The SMILES string of the molecule is Cc1cc(Nc2ncnc3cc4c(nc23)N2CCN[C@H](CO4)C2)ccc1Oc1ccn2ccnc2c1. The molecule has 6 heterocycles. The first-order valence-corrected chi connectivity index (χ1v) is 11.9. The van der Waals surface area contributed by atoms with Gasteiger partial charge in [-0.15, -0.1) is 0 Å². The molecule has 0 radical (unpaired) electrons. The van der Waals surface area contributed by atoms with Crippen LogP contribution in [0.5, 0.6) is 17.2 Å². The second-order valence-electron chi connectivity index (χ2n) is 9.07. The molecule has 2 aliphatic rings. The molecule has 0 unspecified atom stereocenters. The van der Waals surface area contributed by atoms with Gasteiger partial charge in [-0.25, -0.2) is 19.9 Å². The first-order valence-electron chi connectivity index (χ1n) is 11.9. The van der Waals surface area contributed by atoms with Crippen molar-refractivity contribution in [2.75, 3.05) is 36.5 Å². The van der Waals surface area contributed by atoms with E-state index in [9.17, 15) is 0 Å². The minimum atomic E-state index is 0.296. The number of nitrogens with zero attached hydrogens (tertiary/aromatic N) is 6. The number of aryl methyl sites for hydroxylation is 1. The molecular weight excluding hydrogens is 456 g/mol. The lowest BCUT2D eigenvalue weighted by molar-refractivity contribution is 0.271. The highest BCUT2D eigenvalue weighted by Crippen LogP contribution is 2.35. The van der Waals surface area contributed by atoms with Crippen LogP contribution in [0.15, 0.2) is 61.3 Å². The van der Waals surface area contributed by atoms with Crippen LogP contribution in [-0.2, 0) is 0 Å². The summed E-state index contributed by atoms with van der Waals surface area (Å²) in [6.45, 7) is 5.30. The summed E-state index contributed by atoms with van der Waals surface area (Å²) < 4.78 is 14.1. The third-order valence-corrected chi connectivity index (χ3v) is 6.59. The van der Waals surface area contributed by atoms with Crippen LogP contribution in [0.2, 0.25) is 0 Å². The van der Waals surface area contributed by atoms with E-state index in [4.69, 9.17) is 14.5 Å². The summed E-state index contributed by atoms with van der Waals surface area (Å²) in [5, 5.41) is 6.92. The van der Waals surface area contributed by atoms with Gasteiger partial charge in [-0.3, -0.25) is 0 Å². The summed E-state index contributed by atoms with van der Waals surface area (Å²) in [5.41, 5.74) is 4.17. The number of piperazine rings is 1. The van der Waals surface area contributed by atoms with E-state index < -0.39 is 0 Å². The Kier molecular flexibility index (Phi) is 4.84. The van der Waals surface area contributed by atoms with Crippen molar-refractivity contribution in [2.24, 2.45) is 0 Å². The van der Waals surface area contributed by atoms with Gasteiger partial charge in [-0.1, -0.05) is 0 Å². The van der Waals surface area contributed by atoms with Crippen LogP contribution in [0.25, 0.3) is 16.7 Å². The Bertz CT molecular complexity index is 1600. The van der Waals surface area contributed by atoms with E-state index in [-0.39, 0.29) is 0 Å². The van der Waals surface area contributed by atoms with Crippen molar-refractivity contribution in [3.63, 3.8) is 0 Å². The predicted molar refractivity (Wildman–Crippen MR) is 137 cm³/mol. The van der Waals surface area contributed by atoms with Gasteiger partial charge in [-0.05, 0) is 36.8 Å². The number of hydrogen-bond acceptors (Lipinski definition) is 9. The molecule has 1 saturated heterocycles. The van der Waals surface area contributed by atoms with Crippen LogP contribution >= 0.6 is 0 Å². The minimum absolute atomic E-state index is 0.296. The van der Waals surface area contributed by atoms with E-state index in [2.05, 4.69) is 30.5 Å². The summed E-state index contributed by atoms with van der Waals surface area (Å²) >= 11 is 0. The number of hydrogen-bond donors (Lipinski definition) is 2. The number of imidazole rings is 1. The van der Waals surface area contributed by atoms with Crippen molar-refractivity contribution >= 4 is 34.0 Å². The maximum atomic E-state index is 6.13. The number of aromatic nitrogens is 5. The van der Waals surface area contributed by atoms with Crippen LogP contribution in [0.1, 0.15) is 5.56 Å². The van der Waals surface area contributed by atoms with Crippen LogP contribution < -0.4 is 25.0 Å². The number of benzene rings is 1. The highest BCUT2D eigenvalue weighted by molar-refractivity contribution is 5.90. The van der Waals surface area contributed by atoms with E-state index in [1.165, 1.54) is 0 Å². The molecule has 0 amide bonds. The van der Waals surface area contributed by atoms with Gasteiger partial charge in [0.1, 0.15) is 35.6 Å². The van der Waals surface area contributed by atoms with Crippen molar-refractivity contribution in [3.8, 4) is 17.2 Å². The van der Waals surface area contributed by atoms with Crippen molar-refractivity contribution in [3.05, 3.63) is 66.9 Å². The molecule has 1 fully saturated rings. The minimum Gasteiger partial charge on any atom is -0.488 e. The molecule has 0 saturated carbocycles. The monoisotopic (exact) mass is 480 g/mol. The Balaban J connectivity index is 1.18. The van der Waals surface area contributed by atoms with E-state index >= 15 is 0 Å². The number of fused-ring (bicyclic) bond motifs is 6. The second-order valence-corrected chi connectivity index (χ2v) is 9.07. The Labute approximate surface area is 206 Å². The van der Waals surface area contributed by atoms with Gasteiger partial charge in [0.15, 0.2) is 17.4 Å². The molecular formula is C26H24N8O2. The Hall–Kier alpha value is -4.44. The number of pyridine rings is 2. The van der Waals surface area contributed by atoms with Crippen LogP contribution in [0, 0.1) is 6.92 Å². The molecule has 7 rings (SSSR count). The van der Waals surface area contributed by atoms with Gasteiger partial charge in [0.2, 0.25) is 0 Å². The molecule has 1 aromatic carbocycles. The fourth-order valence-electron chi connectivity index (χ4n) is 4.76. The lowest BCUT2D eigenvalue weighted by Gasteiger charge is -2.31. The van der Waals surface area contributed by atoms with Gasteiger partial charge in [0.25, 0.3) is 0 Å². The maximum absolute atomic E-state index is 6.13. The first kappa shape index (κ1) is 20.9. The molecule has 5 aromatic rings. The second kappa shape index (κ2) is 8.35. The normalized spacial score (nSPS) is 16.9. The largest absolute Gasteiger partial charge is 0.488 e. The standard InChI is InChI=1S/C26H24N8O2/c1-16-10-17(2-3-21(16)36-19-4-7-33-8-6-28-23(33)11-19)31-25-24-20(29-15-30-25)12-22-26(32-24)34-9-5-27-18(13-34)14-35-22/h2-4,6-8,10-12,15,18,27H,5,9,13-14H2,1H3,(H,29,30,31)/t18-/m0/s1. The molecule has 10 heteroatoms. The average Bonchev–Trinajstić information content (AvgIpc) is 3.33. The van der Waals surface area contributed by atoms with Crippen LogP contribution in [-0.4, -0.2) is 56.6 Å². The molecule has 36 heavy (non-hydrogen) atoms. The third kappa shape index (κ3) is 3.72. The highest BCUT2D eigenvalue weighted by Gasteiger charge is 2.28. The molecule has 2 aliphatic heterocycles. The Morgan fingerprint density at radius 3 is 3.03 bits per heavy atom. The summed E-state index contributed by atoms with van der Waals surface area (Å²) in [6.07, 6.45) is 7.15. The number of anilines is 3. The zero-order valence-electron chi connectivity index (χ0n) is 19.7. The predicted octanol–water partition coefficient (Wildman–Crippen LogP) is 3.69. The maximum Gasteiger partial charge on any atom is 0.172 e. The van der Waals surface area contributed by atoms with Crippen molar-refractivity contribution in [2.45, 2.75) is 13.0 Å². The lowest BCUT2D eigenvalue weighted by Crippen LogP contribution is -2.51. The van der Waals surface area contributed by atoms with Gasteiger partial charge in [-0.2, -0.15) is 0 Å². The Morgan fingerprint density at radius 2 is 2.08 bits per heavy atom. The van der Waals surface area contributed by atoms with Gasteiger partial charge in [0, 0.05) is 56.0 Å². The number of nitrogens with one attached hydrogen (secondary N) is 2. The molecule has 10 nitrogen and oxygen atoms in total. The summed E-state index contributed by atoms with van der Waals surface area (Å²) in [4.78, 5) is 20.5. The molecule has 0 aliphatic carbocycles. The average molecular weight is 481 g/mol. The van der Waals surface area contributed by atoms with E-state index in [1.54, 1.807) is 12.5 Å². The molecule has 2 bridgehead atoms. The smallest absolute Gasteiger partial charge is 0.172 e. The first-order chi connectivity index (χ1) is 17.7. The van der Waals surface area contributed by atoms with E-state index in [0.717, 1.165) is 65.1 Å². The van der Waals surface area contributed by atoms with Crippen molar-refractivity contribution < 1.29 is 9.47 Å². The quantitative estimate of drug-likeness (QED) is 0.399. The summed E-state index contributed by atoms with van der Waals surface area (Å²) in [5.74, 6) is 3.78. The topological polar surface area (TPSA) is 102 Å². The molecule has 180 valence electrons. The highest BCUT2D eigenvalue weighted by atomic mass is 16.5. The zero-order valence-corrected chi connectivity index (χ0v) is 19.7. The van der Waals surface area contributed by atoms with Crippen molar-refractivity contribution in [1.29, 1.82) is 0 Å². The fourth-order valence-corrected chi connectivity index (χ4v) is 4.76. The van der Waals surface area contributed by atoms with Crippen LogP contribution in [0.4, 0.5) is 17.3 Å². The van der Waals surface area contributed by atoms with Crippen LogP contribution in [0.3, 0.4) is 0 Å². The third-order valence-electron chi connectivity index (χ3n) is 6.59. The van der Waals surface area contributed by atoms with Crippen molar-refractivity contribution in [1.82, 2.24) is 29.7 Å². The van der Waals surface area contributed by atoms with Gasteiger partial charge < -0.3 is 29.4 Å². The zero-order chi connectivity index (χ0) is 24.1. The van der Waals surface area contributed by atoms with E-state index in [0.29, 0.717) is 24.0 Å². The van der Waals surface area contributed by atoms with E-state index in [1.807, 2.05) is 60.1 Å². The summed E-state index contributed by atoms with van der Waals surface area (Å²) in [7, 11) is 0. The molecule has 4 aromatic heterocycles. The lowest BCUT2D eigenvalue weighted by atomic mass is 10.2. The summed E-state index contributed by atoms with van der Waals surface area (Å²) in [6, 6.07) is 12.0. The van der Waals surface area contributed by atoms with Gasteiger partial charge >= 0.3 is 0 Å². The number of rotatable bonds is 4. The Morgan fingerprint density at radius 1 is 1.11 bits per heavy atom.